The molecule has 88 valence electrons. The van der Waals surface area contributed by atoms with Crippen LogP contribution in [0.5, 0.6) is 0 Å². The fourth-order valence-corrected chi connectivity index (χ4v) is 1.65. The fraction of sp³-hybridized carbons (Fsp3) is 0.500. The third-order valence-corrected chi connectivity index (χ3v) is 2.68. The number of halogens is 1. The van der Waals surface area contributed by atoms with Crippen LogP contribution in [0.2, 0.25) is 0 Å². The summed E-state index contributed by atoms with van der Waals surface area (Å²) in [5.74, 6) is 0.113. The van der Waals surface area contributed by atoms with Crippen molar-refractivity contribution in [2.75, 3.05) is 0 Å². The predicted octanol–water partition coefficient (Wildman–Crippen LogP) is 3.63. The average molecular weight is 225 g/mol. The van der Waals surface area contributed by atoms with Gasteiger partial charge < -0.3 is 0 Å². The van der Waals surface area contributed by atoms with Crippen molar-refractivity contribution in [2.24, 2.45) is 5.92 Å². The summed E-state index contributed by atoms with van der Waals surface area (Å²) in [6, 6.07) is 2.41. The van der Waals surface area contributed by atoms with Gasteiger partial charge in [-0.1, -0.05) is 13.8 Å². The molecule has 0 atom stereocenters. The Morgan fingerprint density at radius 3 is 2.56 bits per heavy atom. The van der Waals surface area contributed by atoms with Crippen LogP contribution in [0, 0.1) is 28.8 Å². The second kappa shape index (κ2) is 5.05. The SMILES string of the molecule is Cc1c([N+](=O)[O-])ccc(F)c1CCC(C)C. The van der Waals surface area contributed by atoms with Crippen LogP contribution in [-0.2, 0) is 6.42 Å². The van der Waals surface area contributed by atoms with E-state index in [0.29, 0.717) is 23.5 Å². The number of nitro benzene ring substituents is 1. The van der Waals surface area contributed by atoms with E-state index in [1.54, 1.807) is 6.92 Å². The Morgan fingerprint density at radius 1 is 1.44 bits per heavy atom. The first-order valence-corrected chi connectivity index (χ1v) is 5.35. The molecule has 4 heteroatoms. The molecular formula is C12H16FNO2. The van der Waals surface area contributed by atoms with E-state index in [2.05, 4.69) is 0 Å². The number of nitrogens with zero attached hydrogens (tertiary/aromatic N) is 1. The average Bonchev–Trinajstić information content (AvgIpc) is 2.16. The van der Waals surface area contributed by atoms with E-state index in [1.165, 1.54) is 12.1 Å². The molecule has 0 saturated carbocycles. The van der Waals surface area contributed by atoms with Crippen LogP contribution in [0.3, 0.4) is 0 Å². The standard InChI is InChI=1S/C12H16FNO2/c1-8(2)4-5-10-9(3)12(14(15)16)7-6-11(10)13/h6-8H,4-5H2,1-3H3. The lowest BCUT2D eigenvalue weighted by Gasteiger charge is -2.09. The third-order valence-electron chi connectivity index (χ3n) is 2.68. The number of nitro groups is 1. The molecule has 1 rings (SSSR count). The molecule has 0 heterocycles. The molecule has 0 bridgehead atoms. The van der Waals surface area contributed by atoms with Gasteiger partial charge in [-0.15, -0.1) is 0 Å². The molecule has 3 nitrogen and oxygen atoms in total. The van der Waals surface area contributed by atoms with Crippen molar-refractivity contribution in [2.45, 2.75) is 33.6 Å². The smallest absolute Gasteiger partial charge is 0.258 e. The lowest BCUT2D eigenvalue weighted by atomic mass is 9.97. The summed E-state index contributed by atoms with van der Waals surface area (Å²) >= 11 is 0. The highest BCUT2D eigenvalue weighted by molar-refractivity contribution is 5.45. The number of hydrogen-bond acceptors (Lipinski definition) is 2. The van der Waals surface area contributed by atoms with Crippen molar-refractivity contribution in [3.63, 3.8) is 0 Å². The zero-order valence-electron chi connectivity index (χ0n) is 9.79. The van der Waals surface area contributed by atoms with Gasteiger partial charge in [-0.05, 0) is 37.3 Å². The van der Waals surface area contributed by atoms with E-state index < -0.39 is 4.92 Å². The summed E-state index contributed by atoms with van der Waals surface area (Å²) in [6.45, 7) is 5.70. The van der Waals surface area contributed by atoms with Crippen LogP contribution in [0.15, 0.2) is 12.1 Å². The van der Waals surface area contributed by atoms with E-state index in [0.717, 1.165) is 6.42 Å². The van der Waals surface area contributed by atoms with Crippen molar-refractivity contribution >= 4 is 5.69 Å². The Labute approximate surface area is 94.4 Å². The Morgan fingerprint density at radius 2 is 2.06 bits per heavy atom. The van der Waals surface area contributed by atoms with Crippen LogP contribution in [0.4, 0.5) is 10.1 Å². The van der Waals surface area contributed by atoms with Crippen LogP contribution in [0.1, 0.15) is 31.4 Å². The maximum atomic E-state index is 13.5. The lowest BCUT2D eigenvalue weighted by molar-refractivity contribution is -0.385. The summed E-state index contributed by atoms with van der Waals surface area (Å²) in [5, 5.41) is 10.7. The zero-order valence-corrected chi connectivity index (χ0v) is 9.79. The molecule has 0 aliphatic heterocycles. The highest BCUT2D eigenvalue weighted by Gasteiger charge is 2.17. The summed E-state index contributed by atoms with van der Waals surface area (Å²) in [5.41, 5.74) is 0.925. The van der Waals surface area contributed by atoms with Gasteiger partial charge in [-0.2, -0.15) is 0 Å². The Bertz CT molecular complexity index is 402. The molecule has 1 aromatic rings. The van der Waals surface area contributed by atoms with Crippen LogP contribution < -0.4 is 0 Å². The van der Waals surface area contributed by atoms with Crippen LogP contribution >= 0.6 is 0 Å². The zero-order chi connectivity index (χ0) is 12.3. The molecular weight excluding hydrogens is 209 g/mol. The van der Waals surface area contributed by atoms with Crippen molar-refractivity contribution in [1.82, 2.24) is 0 Å². The topological polar surface area (TPSA) is 43.1 Å². The summed E-state index contributed by atoms with van der Waals surface area (Å²) in [4.78, 5) is 10.2. The monoisotopic (exact) mass is 225 g/mol. The maximum Gasteiger partial charge on any atom is 0.272 e. The molecule has 0 aliphatic rings. The normalized spacial score (nSPS) is 10.8. The molecule has 16 heavy (non-hydrogen) atoms. The molecule has 0 unspecified atom stereocenters. The maximum absolute atomic E-state index is 13.5. The largest absolute Gasteiger partial charge is 0.272 e. The minimum absolute atomic E-state index is 0.000145. The number of hydrogen-bond donors (Lipinski definition) is 0. The molecule has 0 aliphatic carbocycles. The van der Waals surface area contributed by atoms with Gasteiger partial charge in [0.1, 0.15) is 5.82 Å². The fourth-order valence-electron chi connectivity index (χ4n) is 1.65. The van der Waals surface area contributed by atoms with E-state index in [9.17, 15) is 14.5 Å². The first-order chi connectivity index (χ1) is 7.43. The molecule has 0 saturated heterocycles. The Hall–Kier alpha value is -1.45. The van der Waals surface area contributed by atoms with Gasteiger partial charge in [0.25, 0.3) is 5.69 Å². The van der Waals surface area contributed by atoms with Crippen LogP contribution in [0.25, 0.3) is 0 Å². The summed E-state index contributed by atoms with van der Waals surface area (Å²) in [6.07, 6.45) is 1.38. The van der Waals surface area contributed by atoms with E-state index >= 15 is 0 Å². The first kappa shape index (κ1) is 12.6. The Balaban J connectivity index is 3.06. The van der Waals surface area contributed by atoms with E-state index in [1.807, 2.05) is 13.8 Å². The van der Waals surface area contributed by atoms with Gasteiger partial charge in [0, 0.05) is 11.6 Å². The second-order valence-corrected chi connectivity index (χ2v) is 4.36. The summed E-state index contributed by atoms with van der Waals surface area (Å²) < 4.78 is 13.5. The van der Waals surface area contributed by atoms with Gasteiger partial charge >= 0.3 is 0 Å². The minimum Gasteiger partial charge on any atom is -0.258 e. The van der Waals surface area contributed by atoms with Crippen molar-refractivity contribution in [3.8, 4) is 0 Å². The number of benzene rings is 1. The van der Waals surface area contributed by atoms with Gasteiger partial charge in [0.2, 0.25) is 0 Å². The summed E-state index contributed by atoms with van der Waals surface area (Å²) in [7, 11) is 0. The first-order valence-electron chi connectivity index (χ1n) is 5.35. The van der Waals surface area contributed by atoms with Gasteiger partial charge in [0.15, 0.2) is 0 Å². The third kappa shape index (κ3) is 2.78. The highest BCUT2D eigenvalue weighted by atomic mass is 19.1. The number of rotatable bonds is 4. The molecule has 0 N–H and O–H groups in total. The van der Waals surface area contributed by atoms with Crippen molar-refractivity contribution in [1.29, 1.82) is 0 Å². The molecule has 0 spiro atoms. The highest BCUT2D eigenvalue weighted by Crippen LogP contribution is 2.25. The van der Waals surface area contributed by atoms with Gasteiger partial charge in [0.05, 0.1) is 4.92 Å². The van der Waals surface area contributed by atoms with Crippen LogP contribution in [-0.4, -0.2) is 4.92 Å². The molecule has 0 fully saturated rings. The van der Waals surface area contributed by atoms with Gasteiger partial charge in [-0.25, -0.2) is 4.39 Å². The van der Waals surface area contributed by atoms with Crippen molar-refractivity contribution in [3.05, 3.63) is 39.2 Å². The van der Waals surface area contributed by atoms with Crippen molar-refractivity contribution < 1.29 is 9.31 Å². The quantitative estimate of drug-likeness (QED) is 0.580. The molecule has 0 radical (unpaired) electrons. The Kier molecular flexibility index (Phi) is 3.99. The predicted molar refractivity (Wildman–Crippen MR) is 61.0 cm³/mol. The second-order valence-electron chi connectivity index (χ2n) is 4.36. The minimum atomic E-state index is -0.465. The molecule has 0 aromatic heterocycles. The van der Waals surface area contributed by atoms with Gasteiger partial charge in [-0.3, -0.25) is 10.1 Å². The van der Waals surface area contributed by atoms with E-state index in [4.69, 9.17) is 0 Å². The molecule has 0 amide bonds. The molecule has 1 aromatic carbocycles. The van der Waals surface area contributed by atoms with E-state index in [-0.39, 0.29) is 11.5 Å². The lowest BCUT2D eigenvalue weighted by Crippen LogP contribution is -2.02.